The number of fused-ring (bicyclic) bond motifs is 38. The topological polar surface area (TPSA) is 11.4 Å². The molecule has 3 nitrogen and oxygen atoms in total. The summed E-state index contributed by atoms with van der Waals surface area (Å²) in [7, 11) is 0. The van der Waals surface area contributed by atoms with Crippen molar-refractivity contribution in [3.05, 3.63) is 443 Å². The summed E-state index contributed by atoms with van der Waals surface area (Å²) in [6, 6.07) is 146. The Labute approximate surface area is 631 Å². The number of anilines is 6. The zero-order valence-electron chi connectivity index (χ0n) is 59.2. The lowest BCUT2D eigenvalue weighted by molar-refractivity contribution is 0.793. The van der Waals surface area contributed by atoms with Crippen LogP contribution in [0.1, 0.15) is 66.8 Å². The van der Waals surface area contributed by atoms with Crippen molar-refractivity contribution in [3.63, 3.8) is 0 Å². The molecule has 0 atom stereocenters. The second kappa shape index (κ2) is 20.8. The molecular weight excluding hydrogens is 1310 g/mol. The molecule has 2 aliphatic heterocycles. The summed E-state index contributed by atoms with van der Waals surface area (Å²) in [6.45, 7) is -0.285. The molecule has 4 heteroatoms. The third-order valence-corrected chi connectivity index (χ3v) is 26.6. The van der Waals surface area contributed by atoms with E-state index >= 15 is 0 Å². The van der Waals surface area contributed by atoms with Crippen molar-refractivity contribution in [3.8, 4) is 83.6 Å². The fourth-order valence-electron chi connectivity index (χ4n) is 22.8. The van der Waals surface area contributed by atoms with Crippen LogP contribution in [0.3, 0.4) is 0 Å². The minimum Gasteiger partial charge on any atom is -0.311 e. The van der Waals surface area contributed by atoms with Crippen LogP contribution in [0.5, 0.6) is 0 Å². The maximum atomic E-state index is 2.79. The zero-order chi connectivity index (χ0) is 70.7. The van der Waals surface area contributed by atoms with E-state index in [0.717, 1.165) is 39.5 Å². The molecular formula is C105H62BN3. The molecule has 26 rings (SSSR count). The number of nitrogens with zero attached hydrogens (tertiary/aromatic N) is 3. The number of aromatic nitrogens is 1. The van der Waals surface area contributed by atoms with Crippen LogP contribution in [0, 0.1) is 0 Å². The summed E-state index contributed by atoms with van der Waals surface area (Å²) >= 11 is 0. The first kappa shape index (κ1) is 58.5. The monoisotopic (exact) mass is 1380 g/mol. The van der Waals surface area contributed by atoms with E-state index in [9.17, 15) is 0 Å². The van der Waals surface area contributed by atoms with Crippen LogP contribution in [0.4, 0.5) is 34.1 Å². The minimum absolute atomic E-state index is 0.285. The Morgan fingerprint density at radius 1 is 0.211 bits per heavy atom. The summed E-state index contributed by atoms with van der Waals surface area (Å²) in [6.07, 6.45) is 0. The van der Waals surface area contributed by atoms with E-state index in [1.807, 2.05) is 0 Å². The number of para-hydroxylation sites is 2. The van der Waals surface area contributed by atoms with Crippen molar-refractivity contribution in [1.29, 1.82) is 0 Å². The first-order valence-corrected chi connectivity index (χ1v) is 38.4. The van der Waals surface area contributed by atoms with Crippen molar-refractivity contribution in [2.45, 2.75) is 16.2 Å². The van der Waals surface area contributed by atoms with Gasteiger partial charge in [0.2, 0.25) is 0 Å². The summed E-state index contributed by atoms with van der Waals surface area (Å²) in [5.74, 6) is 0. The van der Waals surface area contributed by atoms with Gasteiger partial charge in [-0.15, -0.1) is 0 Å². The van der Waals surface area contributed by atoms with Crippen LogP contribution in [-0.2, 0) is 16.2 Å². The van der Waals surface area contributed by atoms with E-state index in [1.165, 1.54) is 183 Å². The van der Waals surface area contributed by atoms with Gasteiger partial charge >= 0.3 is 0 Å². The van der Waals surface area contributed by atoms with Crippen molar-refractivity contribution in [1.82, 2.24) is 4.57 Å². The molecule has 109 heavy (non-hydrogen) atoms. The van der Waals surface area contributed by atoms with Crippen molar-refractivity contribution >= 4 is 79.0 Å². The van der Waals surface area contributed by atoms with Gasteiger partial charge in [-0.3, -0.25) is 0 Å². The van der Waals surface area contributed by atoms with Crippen LogP contribution in [0.15, 0.2) is 376 Å². The summed E-state index contributed by atoms with van der Waals surface area (Å²) in [5.41, 5.74) is 45.8. The normalized spacial score (nSPS) is 15.0. The molecule has 3 spiro atoms. The zero-order valence-corrected chi connectivity index (χ0v) is 59.2. The fourth-order valence-corrected chi connectivity index (χ4v) is 22.8. The second-order valence-electron chi connectivity index (χ2n) is 31.1. The predicted octanol–water partition coefficient (Wildman–Crippen LogP) is 23.6. The average molecular weight is 1380 g/mol. The molecule has 0 bridgehead atoms. The highest BCUT2D eigenvalue weighted by Gasteiger charge is 2.58. The van der Waals surface area contributed by atoms with Gasteiger partial charge < -0.3 is 14.4 Å². The van der Waals surface area contributed by atoms with Crippen molar-refractivity contribution in [2.24, 2.45) is 0 Å². The Morgan fingerprint density at radius 3 is 1.06 bits per heavy atom. The molecule has 17 aromatic carbocycles. The molecule has 0 saturated heterocycles. The Kier molecular flexibility index (Phi) is 11.2. The number of benzene rings is 17. The molecule has 0 fully saturated rings. The van der Waals surface area contributed by atoms with Crippen LogP contribution in [0.2, 0.25) is 0 Å². The van der Waals surface area contributed by atoms with Crippen LogP contribution >= 0.6 is 0 Å². The first-order chi connectivity index (χ1) is 54.1. The highest BCUT2D eigenvalue weighted by Crippen LogP contribution is 2.69. The lowest BCUT2D eigenvalue weighted by Crippen LogP contribution is -2.61. The summed E-state index contributed by atoms with van der Waals surface area (Å²) < 4.78 is 2.57. The Hall–Kier alpha value is -13.8. The minimum atomic E-state index is -0.633. The third-order valence-electron chi connectivity index (χ3n) is 26.6. The Bertz CT molecular complexity index is 6950. The van der Waals surface area contributed by atoms with Gasteiger partial charge in [0.15, 0.2) is 0 Å². The van der Waals surface area contributed by atoms with Gasteiger partial charge in [0.05, 0.1) is 33.0 Å². The molecule has 18 aromatic rings. The van der Waals surface area contributed by atoms with Crippen LogP contribution in [0.25, 0.3) is 105 Å². The summed E-state index contributed by atoms with van der Waals surface area (Å²) in [4.78, 5) is 5.47. The highest BCUT2D eigenvalue weighted by molar-refractivity contribution is 7.00. The largest absolute Gasteiger partial charge is 0.311 e. The smallest absolute Gasteiger partial charge is 0.252 e. The molecule has 0 amide bonds. The molecule has 0 N–H and O–H groups in total. The molecule has 6 aliphatic carbocycles. The summed E-state index contributed by atoms with van der Waals surface area (Å²) in [5, 5.41) is 2.44. The third kappa shape index (κ3) is 6.96. The van der Waals surface area contributed by atoms with E-state index in [-0.39, 0.29) is 6.71 Å². The van der Waals surface area contributed by atoms with Crippen LogP contribution < -0.4 is 26.2 Å². The van der Waals surface area contributed by atoms with E-state index in [0.29, 0.717) is 0 Å². The molecule has 0 saturated carbocycles. The second-order valence-corrected chi connectivity index (χ2v) is 31.1. The lowest BCUT2D eigenvalue weighted by atomic mass is 9.33. The maximum absolute atomic E-state index is 2.79. The van der Waals surface area contributed by atoms with Gasteiger partial charge in [0, 0.05) is 50.5 Å². The van der Waals surface area contributed by atoms with Crippen LogP contribution in [-0.4, -0.2) is 11.3 Å². The van der Waals surface area contributed by atoms with Gasteiger partial charge in [-0.2, -0.15) is 0 Å². The Morgan fingerprint density at radius 2 is 0.578 bits per heavy atom. The molecule has 0 unspecified atom stereocenters. The van der Waals surface area contributed by atoms with Crippen molar-refractivity contribution in [2.75, 3.05) is 9.80 Å². The van der Waals surface area contributed by atoms with Crippen molar-refractivity contribution < 1.29 is 0 Å². The molecule has 3 heterocycles. The van der Waals surface area contributed by atoms with Gasteiger partial charge in [-0.05, 0) is 210 Å². The molecule has 8 aliphatic rings. The maximum Gasteiger partial charge on any atom is 0.252 e. The van der Waals surface area contributed by atoms with Gasteiger partial charge in [-0.25, -0.2) is 0 Å². The number of hydrogen-bond acceptors (Lipinski definition) is 2. The number of rotatable bonds is 4. The standard InChI is InChI=1S/C105H62BN3/c1-2-26-63(27-3-1)64-50-52-65(53-51-64)107-97-61-80-75-35-11-22-46-88(75)105(85-43-19-8-32-72(85)73-33-9-20-44-86(73)105)92(80)62-94(97)106-93-57-56-90-100(79-38-12-23-47-89(79)103(90)81-39-15-4-28-68(81)69-29-5-16-40-82(69)103)102(93)109(99-60-67(59-98(107)101(99)106)108-95-48-24-13-36-77(95)78-37-14-25-49-96(78)108)66-54-55-76-74-34-10-21-45-87(74)104(91(76)58-66)83-41-17-6-30-70(83)71-31-7-18-42-84(71)104/h1-62H. The van der Waals surface area contributed by atoms with E-state index in [4.69, 9.17) is 0 Å². The van der Waals surface area contributed by atoms with Gasteiger partial charge in [0.1, 0.15) is 0 Å². The van der Waals surface area contributed by atoms with E-state index in [1.54, 1.807) is 0 Å². The fraction of sp³-hybridized carbons (Fsp3) is 0.0286. The highest BCUT2D eigenvalue weighted by atomic mass is 15.2. The average Bonchev–Trinajstić information content (AvgIpc) is 1.55. The Balaban J connectivity index is 0.846. The first-order valence-electron chi connectivity index (χ1n) is 38.4. The van der Waals surface area contributed by atoms with E-state index in [2.05, 4.69) is 390 Å². The lowest BCUT2D eigenvalue weighted by Gasteiger charge is -2.46. The van der Waals surface area contributed by atoms with E-state index < -0.39 is 16.2 Å². The molecule has 1 aromatic heterocycles. The van der Waals surface area contributed by atoms with Gasteiger partial charge in [-0.1, -0.05) is 322 Å². The molecule has 0 radical (unpaired) electrons. The predicted molar refractivity (Wildman–Crippen MR) is 449 cm³/mol. The SMILES string of the molecule is c1ccc(-c2ccc(N3c4cc5c(cc4B4c6ccc7c(c6N(c6ccc8c(c6)C6(c9ccccc9-c9ccccc96)c6ccccc6-8)c6cc(-n8c9ccccc9c9ccccc98)cc3c64)-c3ccccc3C73c4ccccc4-c4ccccc43)C3(c4ccccc4-c4ccccc43)c3ccccc3-5)cc2)cc1. The quantitative estimate of drug-likeness (QED) is 0.163. The number of hydrogen-bond donors (Lipinski definition) is 0. The molecule has 500 valence electrons. The van der Waals surface area contributed by atoms with Gasteiger partial charge in [0.25, 0.3) is 6.71 Å².